The molecule has 0 radical (unpaired) electrons. The number of carbonyl (C=O) groups excluding carboxylic acids is 1. The number of nitrogens with zero attached hydrogens (tertiary/aromatic N) is 2. The Balaban J connectivity index is 2.04. The number of halogens is 4. The van der Waals surface area contributed by atoms with Gasteiger partial charge in [0.25, 0.3) is 5.91 Å². The van der Waals surface area contributed by atoms with Gasteiger partial charge in [0.1, 0.15) is 0 Å². The Morgan fingerprint density at radius 3 is 2.57 bits per heavy atom. The van der Waals surface area contributed by atoms with Crippen LogP contribution in [0.15, 0.2) is 24.4 Å². The predicted octanol–water partition coefficient (Wildman–Crippen LogP) is 2.56. The zero-order valence-corrected chi connectivity index (χ0v) is 15.6. The van der Waals surface area contributed by atoms with E-state index < -0.39 is 34.7 Å². The average Bonchev–Trinajstić information content (AvgIpc) is 2.66. The third-order valence-electron chi connectivity index (χ3n) is 3.76. The average molecular weight is 420 g/mol. The molecule has 7 nitrogen and oxygen atoms in total. The predicted molar refractivity (Wildman–Crippen MR) is 93.3 cm³/mol. The Bertz CT molecular complexity index is 849. The first-order valence-corrected chi connectivity index (χ1v) is 8.31. The van der Waals surface area contributed by atoms with Crippen LogP contribution in [0.2, 0.25) is 5.28 Å². The molecular formula is C17H17ClF3N3O4. The van der Waals surface area contributed by atoms with Gasteiger partial charge < -0.3 is 19.9 Å². The molecule has 1 atom stereocenters. The lowest BCUT2D eigenvalue weighted by Gasteiger charge is -2.16. The fourth-order valence-electron chi connectivity index (χ4n) is 2.40. The van der Waals surface area contributed by atoms with Crippen LogP contribution in [0.4, 0.5) is 13.2 Å². The van der Waals surface area contributed by atoms with Crippen molar-refractivity contribution in [1.82, 2.24) is 15.3 Å². The third kappa shape index (κ3) is 5.23. The van der Waals surface area contributed by atoms with Crippen LogP contribution >= 0.6 is 11.6 Å². The first-order valence-electron chi connectivity index (χ1n) is 7.93. The van der Waals surface area contributed by atoms with E-state index in [4.69, 9.17) is 21.1 Å². The van der Waals surface area contributed by atoms with Crippen LogP contribution < -0.4 is 14.8 Å². The van der Waals surface area contributed by atoms with Gasteiger partial charge in [-0.15, -0.1) is 0 Å². The summed E-state index contributed by atoms with van der Waals surface area (Å²) in [4.78, 5) is 18.5. The van der Waals surface area contributed by atoms with Crippen molar-refractivity contribution < 1.29 is 32.5 Å². The number of aliphatic hydroxyl groups excluding tert-OH is 1. The van der Waals surface area contributed by atoms with Crippen molar-refractivity contribution in [3.8, 4) is 11.5 Å². The Hall–Kier alpha value is -2.59. The topological polar surface area (TPSA) is 93.6 Å². The zero-order valence-electron chi connectivity index (χ0n) is 14.9. The summed E-state index contributed by atoms with van der Waals surface area (Å²) in [5, 5.41) is 11.7. The lowest BCUT2D eigenvalue weighted by molar-refractivity contribution is -0.144. The molecule has 0 aliphatic carbocycles. The number of nitrogens with one attached hydrogen (secondary N) is 1. The number of hydrogen-bond donors (Lipinski definition) is 2. The standard InChI is InChI=1S/C17H17ClF3N3O4/c1-27-11-4-3-9(7-12(11)28-2)5-6-22-15(26)13(25)10-8-23-16(18)24-14(10)17(19,20)21/h3-4,7-8,13,25H,5-6H2,1-2H3,(H,22,26). The van der Waals surface area contributed by atoms with Gasteiger partial charge in [-0.2, -0.15) is 13.2 Å². The minimum Gasteiger partial charge on any atom is -0.493 e. The minimum atomic E-state index is -4.90. The highest BCUT2D eigenvalue weighted by atomic mass is 35.5. The number of amides is 1. The number of rotatable bonds is 7. The van der Waals surface area contributed by atoms with Crippen LogP contribution in [0, 0.1) is 0 Å². The number of hydrogen-bond acceptors (Lipinski definition) is 6. The van der Waals surface area contributed by atoms with E-state index in [1.165, 1.54) is 14.2 Å². The molecule has 11 heteroatoms. The van der Waals surface area contributed by atoms with Crippen molar-refractivity contribution in [3.05, 3.63) is 46.5 Å². The summed E-state index contributed by atoms with van der Waals surface area (Å²) in [6, 6.07) is 5.14. The molecule has 152 valence electrons. The van der Waals surface area contributed by atoms with Crippen LogP contribution in [-0.4, -0.2) is 41.7 Å². The van der Waals surface area contributed by atoms with E-state index in [0.29, 0.717) is 24.1 Å². The smallest absolute Gasteiger partial charge is 0.433 e. The summed E-state index contributed by atoms with van der Waals surface area (Å²) < 4.78 is 49.4. The van der Waals surface area contributed by atoms with Crippen LogP contribution in [0.3, 0.4) is 0 Å². The third-order valence-corrected chi connectivity index (χ3v) is 3.94. The number of ether oxygens (including phenoxy) is 2. The van der Waals surface area contributed by atoms with Crippen molar-refractivity contribution in [1.29, 1.82) is 0 Å². The molecule has 2 N–H and O–H groups in total. The first-order chi connectivity index (χ1) is 13.2. The molecule has 28 heavy (non-hydrogen) atoms. The number of benzene rings is 1. The number of methoxy groups -OCH3 is 2. The quantitative estimate of drug-likeness (QED) is 0.670. The summed E-state index contributed by atoms with van der Waals surface area (Å²) in [5.41, 5.74) is -1.45. The maximum atomic E-state index is 13.0. The molecule has 1 unspecified atom stereocenters. The molecule has 1 heterocycles. The second kappa shape index (κ2) is 9.07. The summed E-state index contributed by atoms with van der Waals surface area (Å²) in [5.74, 6) is 0.0181. The highest BCUT2D eigenvalue weighted by molar-refractivity contribution is 6.28. The van der Waals surface area contributed by atoms with Gasteiger partial charge in [-0.3, -0.25) is 4.79 Å². The first kappa shape index (κ1) is 21.7. The van der Waals surface area contributed by atoms with Crippen molar-refractivity contribution in [2.24, 2.45) is 0 Å². The van der Waals surface area contributed by atoms with Crippen molar-refractivity contribution in [2.75, 3.05) is 20.8 Å². The lowest BCUT2D eigenvalue weighted by atomic mass is 10.1. The Morgan fingerprint density at radius 2 is 1.96 bits per heavy atom. The molecule has 0 saturated carbocycles. The second-order valence-electron chi connectivity index (χ2n) is 5.57. The molecular weight excluding hydrogens is 403 g/mol. The van der Waals surface area contributed by atoms with Gasteiger partial charge in [0.2, 0.25) is 5.28 Å². The van der Waals surface area contributed by atoms with E-state index in [-0.39, 0.29) is 6.54 Å². The van der Waals surface area contributed by atoms with E-state index in [2.05, 4.69) is 15.3 Å². The summed E-state index contributed by atoms with van der Waals surface area (Å²) in [6.45, 7) is 0.0706. The molecule has 1 amide bonds. The maximum Gasteiger partial charge on any atom is 0.433 e. The Morgan fingerprint density at radius 1 is 1.29 bits per heavy atom. The van der Waals surface area contributed by atoms with Gasteiger partial charge in [0.15, 0.2) is 23.3 Å². The van der Waals surface area contributed by atoms with Gasteiger partial charge in [-0.1, -0.05) is 6.07 Å². The maximum absolute atomic E-state index is 13.0. The van der Waals surface area contributed by atoms with Crippen molar-refractivity contribution >= 4 is 17.5 Å². The van der Waals surface area contributed by atoms with Crippen LogP contribution in [0.25, 0.3) is 0 Å². The minimum absolute atomic E-state index is 0.0706. The number of aliphatic hydroxyl groups is 1. The van der Waals surface area contributed by atoms with E-state index in [0.717, 1.165) is 5.56 Å². The molecule has 0 bridgehead atoms. The van der Waals surface area contributed by atoms with Gasteiger partial charge in [0, 0.05) is 18.3 Å². The van der Waals surface area contributed by atoms with Crippen molar-refractivity contribution in [2.45, 2.75) is 18.7 Å². The van der Waals surface area contributed by atoms with Gasteiger partial charge >= 0.3 is 6.18 Å². The molecule has 2 rings (SSSR count). The van der Waals surface area contributed by atoms with E-state index >= 15 is 0 Å². The Kier molecular flexibility index (Phi) is 7.03. The molecule has 2 aromatic rings. The largest absolute Gasteiger partial charge is 0.493 e. The summed E-state index contributed by atoms with van der Waals surface area (Å²) in [6.07, 6.45) is -5.97. The fraction of sp³-hybridized carbons (Fsp3) is 0.353. The second-order valence-corrected chi connectivity index (χ2v) is 5.91. The highest BCUT2D eigenvalue weighted by Crippen LogP contribution is 2.33. The highest BCUT2D eigenvalue weighted by Gasteiger charge is 2.39. The lowest BCUT2D eigenvalue weighted by Crippen LogP contribution is -2.32. The fourth-order valence-corrected chi connectivity index (χ4v) is 2.53. The molecule has 0 aliphatic rings. The summed E-state index contributed by atoms with van der Waals surface area (Å²) >= 11 is 5.38. The van der Waals surface area contributed by atoms with Gasteiger partial charge in [-0.05, 0) is 35.7 Å². The SMILES string of the molecule is COc1ccc(CCNC(=O)C(O)c2cnc(Cl)nc2C(F)(F)F)cc1OC. The van der Waals surface area contributed by atoms with Crippen LogP contribution in [0.1, 0.15) is 22.9 Å². The normalized spacial score (nSPS) is 12.4. The molecule has 0 fully saturated rings. The zero-order chi connectivity index (χ0) is 20.9. The van der Waals surface area contributed by atoms with Crippen LogP contribution in [0.5, 0.6) is 11.5 Å². The van der Waals surface area contributed by atoms with Crippen LogP contribution in [-0.2, 0) is 17.4 Å². The van der Waals surface area contributed by atoms with E-state index in [9.17, 15) is 23.1 Å². The summed E-state index contributed by atoms with van der Waals surface area (Å²) in [7, 11) is 2.97. The Labute approximate surface area is 163 Å². The monoisotopic (exact) mass is 419 g/mol. The van der Waals surface area contributed by atoms with Crippen molar-refractivity contribution in [3.63, 3.8) is 0 Å². The number of aromatic nitrogens is 2. The molecule has 0 spiro atoms. The van der Waals surface area contributed by atoms with E-state index in [1.54, 1.807) is 18.2 Å². The molecule has 1 aromatic heterocycles. The molecule has 0 aliphatic heterocycles. The number of carbonyl (C=O) groups is 1. The number of alkyl halides is 3. The van der Waals surface area contributed by atoms with E-state index in [1.807, 2.05) is 0 Å². The van der Waals surface area contributed by atoms with Gasteiger partial charge in [0.05, 0.1) is 14.2 Å². The van der Waals surface area contributed by atoms with Gasteiger partial charge in [-0.25, -0.2) is 9.97 Å². The molecule has 0 saturated heterocycles. The molecule has 1 aromatic carbocycles.